The van der Waals surface area contributed by atoms with E-state index >= 15 is 0 Å². The third kappa shape index (κ3) is 3.51. The van der Waals surface area contributed by atoms with Gasteiger partial charge in [0.15, 0.2) is 0 Å². The van der Waals surface area contributed by atoms with Gasteiger partial charge in [0.2, 0.25) is 5.91 Å². The van der Waals surface area contributed by atoms with Gasteiger partial charge in [-0.05, 0) is 42.1 Å². The molecule has 0 saturated heterocycles. The zero-order valence-electron chi connectivity index (χ0n) is 12.4. The molecule has 0 fully saturated rings. The number of benzene rings is 1. The zero-order valence-corrected chi connectivity index (χ0v) is 14.8. The van der Waals surface area contributed by atoms with Crippen molar-refractivity contribution in [3.8, 4) is 0 Å². The van der Waals surface area contributed by atoms with Crippen LogP contribution in [0.5, 0.6) is 0 Å². The van der Waals surface area contributed by atoms with Crippen molar-refractivity contribution < 1.29 is 4.79 Å². The van der Waals surface area contributed by atoms with E-state index in [-0.39, 0.29) is 17.9 Å². The Morgan fingerprint density at radius 3 is 3.00 bits per heavy atom. The fraction of sp³-hybridized carbons (Fsp3) is 0.188. The van der Waals surface area contributed by atoms with Crippen molar-refractivity contribution in [1.82, 2.24) is 9.55 Å². The fourth-order valence-electron chi connectivity index (χ4n) is 2.25. The molecule has 0 radical (unpaired) electrons. The largest absolute Gasteiger partial charge is 0.326 e. The van der Waals surface area contributed by atoms with Gasteiger partial charge >= 0.3 is 0 Å². The van der Waals surface area contributed by atoms with Crippen LogP contribution in [0.2, 0.25) is 0 Å². The van der Waals surface area contributed by atoms with Crippen molar-refractivity contribution >= 4 is 49.1 Å². The molecule has 1 N–H and O–H groups in total. The lowest BCUT2D eigenvalue weighted by Crippen LogP contribution is -2.23. The maximum atomic E-state index is 12.2. The quantitative estimate of drug-likeness (QED) is 0.739. The third-order valence-electron chi connectivity index (χ3n) is 3.49. The summed E-state index contributed by atoms with van der Waals surface area (Å²) >= 11 is 4.82. The van der Waals surface area contributed by atoms with E-state index in [0.717, 1.165) is 20.6 Å². The van der Waals surface area contributed by atoms with Gasteiger partial charge in [-0.25, -0.2) is 4.98 Å². The third-order valence-corrected chi connectivity index (χ3v) is 4.81. The highest BCUT2D eigenvalue weighted by Crippen LogP contribution is 2.20. The minimum absolute atomic E-state index is 0.108. The maximum absolute atomic E-state index is 12.2. The second-order valence-corrected chi connectivity index (χ2v) is 6.95. The van der Waals surface area contributed by atoms with Crippen LogP contribution in [0.25, 0.3) is 10.2 Å². The number of aromatic nitrogens is 2. The average molecular weight is 392 g/mol. The average Bonchev–Trinajstić information content (AvgIpc) is 2.99. The number of halogens is 1. The van der Waals surface area contributed by atoms with E-state index in [1.807, 2.05) is 30.5 Å². The molecule has 0 aliphatic carbocycles. The lowest BCUT2D eigenvalue weighted by atomic mass is 10.2. The summed E-state index contributed by atoms with van der Waals surface area (Å²) in [7, 11) is 0. The minimum Gasteiger partial charge on any atom is -0.326 e. The smallest absolute Gasteiger partial charge is 0.262 e. The molecule has 118 valence electrons. The summed E-state index contributed by atoms with van der Waals surface area (Å²) in [5.41, 5.74) is 1.65. The van der Waals surface area contributed by atoms with E-state index in [2.05, 4.69) is 26.2 Å². The molecule has 1 amide bonds. The number of carbonyl (C=O) groups is 1. The first-order valence-electron chi connectivity index (χ1n) is 7.03. The van der Waals surface area contributed by atoms with Crippen LogP contribution in [0.3, 0.4) is 0 Å². The van der Waals surface area contributed by atoms with Crippen molar-refractivity contribution in [2.45, 2.75) is 19.9 Å². The first-order valence-corrected chi connectivity index (χ1v) is 8.70. The second-order valence-electron chi connectivity index (χ2n) is 5.14. The summed E-state index contributed by atoms with van der Waals surface area (Å²) in [5.74, 6) is -0.132. The monoisotopic (exact) mass is 391 g/mol. The van der Waals surface area contributed by atoms with E-state index in [9.17, 15) is 9.59 Å². The molecule has 5 nitrogen and oxygen atoms in total. The molecule has 0 bridgehead atoms. The van der Waals surface area contributed by atoms with Gasteiger partial charge in [-0.15, -0.1) is 11.3 Å². The Balaban J connectivity index is 1.68. The topological polar surface area (TPSA) is 64.0 Å². The Bertz CT molecular complexity index is 932. The molecule has 23 heavy (non-hydrogen) atoms. The van der Waals surface area contributed by atoms with Crippen LogP contribution in [0.15, 0.2) is 45.2 Å². The zero-order chi connectivity index (χ0) is 16.4. The molecule has 0 unspecified atom stereocenters. The molecule has 7 heteroatoms. The minimum atomic E-state index is -0.132. The van der Waals surface area contributed by atoms with Crippen LogP contribution < -0.4 is 10.9 Å². The summed E-state index contributed by atoms with van der Waals surface area (Å²) in [4.78, 5) is 29.3. The molecular weight excluding hydrogens is 378 g/mol. The maximum Gasteiger partial charge on any atom is 0.262 e. The number of rotatable bonds is 4. The van der Waals surface area contributed by atoms with Crippen LogP contribution in [0, 0.1) is 6.92 Å². The van der Waals surface area contributed by atoms with Gasteiger partial charge in [0.25, 0.3) is 5.56 Å². The molecule has 3 aromatic rings. The normalized spacial score (nSPS) is 10.9. The summed E-state index contributed by atoms with van der Waals surface area (Å²) in [6, 6.07) is 7.43. The number of nitrogens with zero attached hydrogens (tertiary/aromatic N) is 2. The summed E-state index contributed by atoms with van der Waals surface area (Å²) < 4.78 is 2.44. The predicted molar refractivity (Wildman–Crippen MR) is 96.0 cm³/mol. The molecule has 0 spiro atoms. The van der Waals surface area contributed by atoms with Gasteiger partial charge in [-0.2, -0.15) is 0 Å². The number of nitrogens with one attached hydrogen (secondary N) is 1. The number of fused-ring (bicyclic) bond motifs is 1. The predicted octanol–water partition coefficient (Wildman–Crippen LogP) is 3.56. The first-order chi connectivity index (χ1) is 11.0. The number of hydrogen-bond donors (Lipinski definition) is 1. The highest BCUT2D eigenvalue weighted by molar-refractivity contribution is 9.10. The van der Waals surface area contributed by atoms with Crippen LogP contribution in [0.1, 0.15) is 12.0 Å². The number of carbonyl (C=O) groups excluding carboxylic acids is 1. The highest BCUT2D eigenvalue weighted by Gasteiger charge is 2.08. The molecule has 3 rings (SSSR count). The second kappa shape index (κ2) is 6.64. The van der Waals surface area contributed by atoms with Crippen molar-refractivity contribution in [3.05, 3.63) is 56.4 Å². The Labute approximate surface area is 145 Å². The van der Waals surface area contributed by atoms with Gasteiger partial charge < -0.3 is 5.32 Å². The lowest BCUT2D eigenvalue weighted by molar-refractivity contribution is -0.116. The van der Waals surface area contributed by atoms with E-state index in [4.69, 9.17) is 0 Å². The molecule has 2 heterocycles. The van der Waals surface area contributed by atoms with Gasteiger partial charge in [-0.1, -0.05) is 15.9 Å². The molecule has 1 aromatic carbocycles. The Hall–Kier alpha value is -1.99. The number of thiophene rings is 1. The fourth-order valence-corrected chi connectivity index (χ4v) is 3.45. The highest BCUT2D eigenvalue weighted by atomic mass is 79.9. The lowest BCUT2D eigenvalue weighted by Gasteiger charge is -2.09. The summed E-state index contributed by atoms with van der Waals surface area (Å²) in [5, 5.41) is 5.30. The molecule has 0 aliphatic heterocycles. The first kappa shape index (κ1) is 15.9. The van der Waals surface area contributed by atoms with Gasteiger partial charge in [-0.3, -0.25) is 14.2 Å². The number of hydrogen-bond acceptors (Lipinski definition) is 4. The Morgan fingerprint density at radius 1 is 1.39 bits per heavy atom. The standard InChI is InChI=1S/C16H14BrN3O2S/c1-10-8-11(17)2-3-13(10)19-14(21)4-6-20-9-18-15-12(16(20)22)5-7-23-15/h2-3,5,7-9H,4,6H2,1H3,(H,19,21). The van der Waals surface area contributed by atoms with E-state index < -0.39 is 0 Å². The summed E-state index contributed by atoms with van der Waals surface area (Å²) in [6.07, 6.45) is 1.71. The van der Waals surface area contributed by atoms with Gasteiger partial charge in [0.05, 0.1) is 11.7 Å². The van der Waals surface area contributed by atoms with Gasteiger partial charge in [0.1, 0.15) is 4.83 Å². The van der Waals surface area contributed by atoms with Crippen molar-refractivity contribution in [2.75, 3.05) is 5.32 Å². The number of aryl methyl sites for hydroxylation is 2. The molecule has 0 aliphatic rings. The van der Waals surface area contributed by atoms with Crippen LogP contribution in [-0.4, -0.2) is 15.5 Å². The van der Waals surface area contributed by atoms with Crippen LogP contribution in [-0.2, 0) is 11.3 Å². The van der Waals surface area contributed by atoms with Crippen molar-refractivity contribution in [1.29, 1.82) is 0 Å². The molecular formula is C16H14BrN3O2S. The van der Waals surface area contributed by atoms with E-state index in [1.165, 1.54) is 22.2 Å². The number of amides is 1. The van der Waals surface area contributed by atoms with Gasteiger partial charge in [0, 0.05) is 23.1 Å². The van der Waals surface area contributed by atoms with Crippen molar-refractivity contribution in [3.63, 3.8) is 0 Å². The van der Waals surface area contributed by atoms with Crippen LogP contribution >= 0.6 is 27.3 Å². The molecule has 2 aromatic heterocycles. The molecule has 0 atom stereocenters. The Kier molecular flexibility index (Phi) is 4.58. The summed E-state index contributed by atoms with van der Waals surface area (Å²) in [6.45, 7) is 2.23. The molecule has 0 saturated carbocycles. The number of anilines is 1. The SMILES string of the molecule is Cc1cc(Br)ccc1NC(=O)CCn1cnc2sccc2c1=O. The van der Waals surface area contributed by atoms with E-state index in [0.29, 0.717) is 11.9 Å². The van der Waals surface area contributed by atoms with Crippen LogP contribution in [0.4, 0.5) is 5.69 Å². The Morgan fingerprint density at radius 2 is 2.22 bits per heavy atom. The van der Waals surface area contributed by atoms with E-state index in [1.54, 1.807) is 6.07 Å². The van der Waals surface area contributed by atoms with Crippen molar-refractivity contribution in [2.24, 2.45) is 0 Å².